The highest BCUT2D eigenvalue weighted by Gasteiger charge is 2.32. The van der Waals surface area contributed by atoms with Gasteiger partial charge < -0.3 is 9.47 Å². The molecule has 4 aromatic rings. The monoisotopic (exact) mass is 504 g/mol. The van der Waals surface area contributed by atoms with E-state index < -0.39 is 0 Å². The van der Waals surface area contributed by atoms with E-state index in [0.717, 1.165) is 46.6 Å². The molecule has 0 unspecified atom stereocenters. The van der Waals surface area contributed by atoms with Crippen molar-refractivity contribution in [2.45, 2.75) is 25.3 Å². The molecule has 0 amide bonds. The van der Waals surface area contributed by atoms with Gasteiger partial charge in [0.1, 0.15) is 0 Å². The average Bonchev–Trinajstić information content (AvgIpc) is 3.53. The minimum Gasteiger partial charge on any atom is -0.454 e. The lowest BCUT2D eigenvalue weighted by Gasteiger charge is -2.31. The van der Waals surface area contributed by atoms with Crippen molar-refractivity contribution >= 4 is 23.5 Å². The third-order valence-corrected chi connectivity index (χ3v) is 8.07. The number of ether oxygens (including phenoxy) is 2. The first-order valence-corrected chi connectivity index (χ1v) is 13.3. The smallest absolute Gasteiger partial charge is 0.271 e. The van der Waals surface area contributed by atoms with Gasteiger partial charge in [-0.15, -0.1) is 0 Å². The zero-order valence-corrected chi connectivity index (χ0v) is 20.9. The Bertz CT molecular complexity index is 1750. The molecule has 0 N–H and O–H groups in total. The Morgan fingerprint density at radius 2 is 1.65 bits per heavy atom. The first kappa shape index (κ1) is 22.1. The predicted octanol–water partition coefficient (Wildman–Crippen LogP) is 5.21. The van der Waals surface area contributed by atoms with Crippen LogP contribution in [0.4, 0.5) is 0 Å². The summed E-state index contributed by atoms with van der Waals surface area (Å²) in [6.07, 6.45) is 7.12. The zero-order valence-electron chi connectivity index (χ0n) is 20.1. The number of aromatic nitrogens is 1. The molecule has 7 rings (SSSR count). The van der Waals surface area contributed by atoms with E-state index in [-0.39, 0.29) is 18.4 Å². The number of hydrogen-bond donors (Lipinski definition) is 0. The summed E-state index contributed by atoms with van der Waals surface area (Å²) in [5.74, 6) is 1.43. The van der Waals surface area contributed by atoms with E-state index >= 15 is 0 Å². The maximum absolute atomic E-state index is 13.9. The fourth-order valence-corrected chi connectivity index (χ4v) is 6.40. The van der Waals surface area contributed by atoms with Crippen LogP contribution in [0, 0.1) is 0 Å². The van der Waals surface area contributed by atoms with Gasteiger partial charge in [-0.05, 0) is 71.4 Å². The van der Waals surface area contributed by atoms with Crippen LogP contribution in [-0.2, 0) is 0 Å². The van der Waals surface area contributed by atoms with E-state index in [0.29, 0.717) is 10.3 Å². The number of thiazole rings is 1. The fourth-order valence-electron chi connectivity index (χ4n) is 5.40. The zero-order chi connectivity index (χ0) is 24.8. The summed E-state index contributed by atoms with van der Waals surface area (Å²) in [6, 6.07) is 26.3. The van der Waals surface area contributed by atoms with Crippen LogP contribution >= 0.6 is 11.3 Å². The van der Waals surface area contributed by atoms with Crippen LogP contribution in [0.3, 0.4) is 0 Å². The molecule has 37 heavy (non-hydrogen) atoms. The summed E-state index contributed by atoms with van der Waals surface area (Å²) in [7, 11) is 0. The van der Waals surface area contributed by atoms with Crippen molar-refractivity contribution in [3.8, 4) is 11.5 Å². The van der Waals surface area contributed by atoms with Crippen molar-refractivity contribution in [3.05, 3.63) is 132 Å². The van der Waals surface area contributed by atoms with Gasteiger partial charge in [0.15, 0.2) is 16.3 Å². The van der Waals surface area contributed by atoms with Crippen molar-refractivity contribution in [3.63, 3.8) is 0 Å². The van der Waals surface area contributed by atoms with Gasteiger partial charge in [-0.2, -0.15) is 0 Å². The average molecular weight is 505 g/mol. The summed E-state index contributed by atoms with van der Waals surface area (Å²) in [5, 5.41) is 0. The second-order valence-electron chi connectivity index (χ2n) is 9.41. The predicted molar refractivity (Wildman–Crippen MR) is 145 cm³/mol. The molecule has 3 heterocycles. The van der Waals surface area contributed by atoms with Crippen molar-refractivity contribution in [2.24, 2.45) is 4.99 Å². The molecule has 0 radical (unpaired) electrons. The Morgan fingerprint density at radius 3 is 2.49 bits per heavy atom. The highest BCUT2D eigenvalue weighted by molar-refractivity contribution is 7.07. The third-order valence-electron chi connectivity index (χ3n) is 7.08. The standard InChI is InChI=1S/C31H24N2O3S/c34-30-27(18-21-14-15-25-26(17-21)36-19-35-25)37-31-32-28-23(16-20-8-3-1-4-9-20)12-7-13-24(28)29(33(30)31)22-10-5-2-6-11-22/h1-6,8-11,14-18,29H,7,12-13,19H2/b23-16-,27-18+/t29-/m1/s1. The molecule has 3 aromatic carbocycles. The first-order valence-electron chi connectivity index (χ1n) is 12.5. The lowest BCUT2D eigenvalue weighted by molar-refractivity contribution is 0.174. The molecule has 2 aliphatic heterocycles. The van der Waals surface area contributed by atoms with Crippen molar-refractivity contribution < 1.29 is 9.47 Å². The Labute approximate surface area is 218 Å². The lowest BCUT2D eigenvalue weighted by Crippen LogP contribution is -2.39. The van der Waals surface area contributed by atoms with E-state index in [9.17, 15) is 4.79 Å². The molecule has 0 fully saturated rings. The highest BCUT2D eigenvalue weighted by Crippen LogP contribution is 2.41. The maximum atomic E-state index is 13.9. The minimum atomic E-state index is -0.161. The molecular weight excluding hydrogens is 480 g/mol. The Hall–Kier alpha value is -4.16. The Kier molecular flexibility index (Phi) is 5.40. The van der Waals surface area contributed by atoms with Gasteiger partial charge in [-0.25, -0.2) is 4.99 Å². The lowest BCUT2D eigenvalue weighted by atomic mass is 9.84. The molecule has 3 aliphatic rings. The van der Waals surface area contributed by atoms with Crippen LogP contribution in [0.25, 0.3) is 12.2 Å². The highest BCUT2D eigenvalue weighted by atomic mass is 32.1. The Balaban J connectivity index is 1.43. The summed E-state index contributed by atoms with van der Waals surface area (Å²) in [5.41, 5.74) is 6.67. The van der Waals surface area contributed by atoms with E-state index in [2.05, 4.69) is 42.5 Å². The normalized spacial score (nSPS) is 19.5. The molecule has 1 aliphatic carbocycles. The Morgan fingerprint density at radius 1 is 0.865 bits per heavy atom. The number of rotatable bonds is 3. The maximum Gasteiger partial charge on any atom is 0.271 e. The summed E-state index contributed by atoms with van der Waals surface area (Å²) in [6.45, 7) is 0.225. The summed E-state index contributed by atoms with van der Waals surface area (Å²) < 4.78 is 13.5. The fraction of sp³-hybridized carbons (Fsp3) is 0.161. The van der Waals surface area contributed by atoms with Crippen LogP contribution < -0.4 is 24.4 Å². The van der Waals surface area contributed by atoms with Gasteiger partial charge in [-0.1, -0.05) is 78.1 Å². The van der Waals surface area contributed by atoms with E-state index in [1.165, 1.54) is 28.0 Å². The van der Waals surface area contributed by atoms with Crippen LogP contribution in [0.5, 0.6) is 11.5 Å². The van der Waals surface area contributed by atoms with Gasteiger partial charge in [0.25, 0.3) is 5.56 Å². The minimum absolute atomic E-state index is 0.0130. The van der Waals surface area contributed by atoms with Gasteiger partial charge >= 0.3 is 0 Å². The second-order valence-corrected chi connectivity index (χ2v) is 10.4. The summed E-state index contributed by atoms with van der Waals surface area (Å²) in [4.78, 5) is 19.7. The molecule has 0 saturated heterocycles. The van der Waals surface area contributed by atoms with Crippen LogP contribution in [0.1, 0.15) is 42.0 Å². The van der Waals surface area contributed by atoms with Crippen LogP contribution in [0.15, 0.2) is 105 Å². The molecular formula is C31H24N2O3S. The molecule has 182 valence electrons. The van der Waals surface area contributed by atoms with Gasteiger partial charge in [0, 0.05) is 0 Å². The van der Waals surface area contributed by atoms with Crippen molar-refractivity contribution in [1.29, 1.82) is 0 Å². The third kappa shape index (κ3) is 3.94. The van der Waals surface area contributed by atoms with Gasteiger partial charge in [-0.3, -0.25) is 9.36 Å². The van der Waals surface area contributed by atoms with Gasteiger partial charge in [0.2, 0.25) is 6.79 Å². The van der Waals surface area contributed by atoms with Crippen molar-refractivity contribution in [2.75, 3.05) is 6.79 Å². The second kappa shape index (κ2) is 9.05. The number of benzene rings is 3. The molecule has 6 heteroatoms. The topological polar surface area (TPSA) is 52.8 Å². The van der Waals surface area contributed by atoms with Crippen LogP contribution in [-0.4, -0.2) is 11.4 Å². The quantitative estimate of drug-likeness (QED) is 0.385. The molecule has 0 spiro atoms. The van der Waals surface area contributed by atoms with E-state index in [1.54, 1.807) is 0 Å². The number of nitrogens with zero attached hydrogens (tertiary/aromatic N) is 2. The molecule has 5 nitrogen and oxygen atoms in total. The molecule has 0 saturated carbocycles. The number of allylic oxidation sites excluding steroid dienone is 2. The van der Waals surface area contributed by atoms with E-state index in [4.69, 9.17) is 14.5 Å². The molecule has 1 atom stereocenters. The number of hydrogen-bond acceptors (Lipinski definition) is 5. The molecule has 1 aromatic heterocycles. The van der Waals surface area contributed by atoms with E-state index in [1.807, 2.05) is 53.1 Å². The van der Waals surface area contributed by atoms with Crippen LogP contribution in [0.2, 0.25) is 0 Å². The van der Waals surface area contributed by atoms with Gasteiger partial charge in [0.05, 0.1) is 16.3 Å². The first-order chi connectivity index (χ1) is 18.2. The summed E-state index contributed by atoms with van der Waals surface area (Å²) >= 11 is 1.45. The molecule has 0 bridgehead atoms. The largest absolute Gasteiger partial charge is 0.454 e. The SMILES string of the molecule is O=c1/c(=C\c2ccc3c(c2)OCO3)sc2n1[C@H](c1ccccc1)C1=C(N=2)/C(=C\c2ccccc2)CCC1. The number of fused-ring (bicyclic) bond motifs is 2. The van der Waals surface area contributed by atoms with Crippen molar-refractivity contribution in [1.82, 2.24) is 4.57 Å².